The van der Waals surface area contributed by atoms with Crippen LogP contribution in [0.1, 0.15) is 23.6 Å². The molecule has 1 aromatic carbocycles. The van der Waals surface area contributed by atoms with Crippen LogP contribution in [-0.4, -0.2) is 12.8 Å². The van der Waals surface area contributed by atoms with Crippen LogP contribution in [0.2, 0.25) is 0 Å². The smallest absolute Gasteiger partial charge is 0.422 e. The molecular formula is C11H12F3NO. The molecule has 0 heterocycles. The molecule has 2 N–H and O–H groups in total. The first-order chi connectivity index (χ1) is 7.46. The Kier molecular flexibility index (Phi) is 2.80. The van der Waals surface area contributed by atoms with Crippen LogP contribution in [0.3, 0.4) is 0 Å². The average molecular weight is 231 g/mol. The van der Waals surface area contributed by atoms with Crippen LogP contribution in [0.25, 0.3) is 0 Å². The van der Waals surface area contributed by atoms with Crippen LogP contribution < -0.4 is 10.5 Å². The van der Waals surface area contributed by atoms with Crippen LogP contribution >= 0.6 is 0 Å². The van der Waals surface area contributed by atoms with E-state index < -0.39 is 12.8 Å². The number of hydrogen-bond donors (Lipinski definition) is 1. The Balaban J connectivity index is 2.08. The van der Waals surface area contributed by atoms with E-state index in [1.807, 2.05) is 0 Å². The minimum absolute atomic E-state index is 0.00617. The average Bonchev–Trinajstić information content (AvgIpc) is 2.56. The summed E-state index contributed by atoms with van der Waals surface area (Å²) in [6, 6.07) is 4.94. The van der Waals surface area contributed by atoms with E-state index in [-0.39, 0.29) is 11.8 Å². The summed E-state index contributed by atoms with van der Waals surface area (Å²) in [5, 5.41) is 0. The number of fused-ring (bicyclic) bond motifs is 1. The zero-order chi connectivity index (χ0) is 11.8. The third kappa shape index (κ3) is 2.47. The van der Waals surface area contributed by atoms with Crippen molar-refractivity contribution in [3.63, 3.8) is 0 Å². The van der Waals surface area contributed by atoms with E-state index >= 15 is 0 Å². The van der Waals surface area contributed by atoms with Gasteiger partial charge < -0.3 is 10.5 Å². The second-order valence-electron chi connectivity index (χ2n) is 3.91. The molecule has 1 atom stereocenters. The van der Waals surface area contributed by atoms with Gasteiger partial charge in [0.1, 0.15) is 5.75 Å². The molecule has 1 aliphatic rings. The van der Waals surface area contributed by atoms with E-state index in [0.717, 1.165) is 24.0 Å². The van der Waals surface area contributed by atoms with Gasteiger partial charge in [-0.25, -0.2) is 0 Å². The van der Waals surface area contributed by atoms with Crippen molar-refractivity contribution in [2.45, 2.75) is 25.1 Å². The number of halogens is 3. The molecule has 0 saturated carbocycles. The minimum Gasteiger partial charge on any atom is -0.484 e. The highest BCUT2D eigenvalue weighted by Gasteiger charge is 2.28. The lowest BCUT2D eigenvalue weighted by Crippen LogP contribution is -2.19. The maximum Gasteiger partial charge on any atom is 0.422 e. The molecule has 0 aromatic heterocycles. The summed E-state index contributed by atoms with van der Waals surface area (Å²) in [5.41, 5.74) is 7.82. The Morgan fingerprint density at radius 3 is 2.81 bits per heavy atom. The summed E-state index contributed by atoms with van der Waals surface area (Å²) in [4.78, 5) is 0. The van der Waals surface area contributed by atoms with Crippen LogP contribution in [0.5, 0.6) is 5.75 Å². The van der Waals surface area contributed by atoms with Gasteiger partial charge >= 0.3 is 6.18 Å². The van der Waals surface area contributed by atoms with Gasteiger partial charge in [-0.2, -0.15) is 13.2 Å². The van der Waals surface area contributed by atoms with Crippen LogP contribution in [0.4, 0.5) is 13.2 Å². The number of hydrogen-bond acceptors (Lipinski definition) is 2. The highest BCUT2D eigenvalue weighted by Crippen LogP contribution is 2.32. The molecule has 88 valence electrons. The number of alkyl halides is 3. The topological polar surface area (TPSA) is 35.2 Å². The summed E-state index contributed by atoms with van der Waals surface area (Å²) in [7, 11) is 0. The molecule has 1 aliphatic carbocycles. The molecule has 0 bridgehead atoms. The molecule has 2 nitrogen and oxygen atoms in total. The van der Waals surface area contributed by atoms with Crippen molar-refractivity contribution in [2.75, 3.05) is 6.61 Å². The first kappa shape index (κ1) is 11.3. The number of aryl methyl sites for hydroxylation is 1. The van der Waals surface area contributed by atoms with Gasteiger partial charge in [-0.15, -0.1) is 0 Å². The Labute approximate surface area is 91.2 Å². The Morgan fingerprint density at radius 1 is 1.38 bits per heavy atom. The van der Waals surface area contributed by atoms with E-state index in [0.29, 0.717) is 0 Å². The second kappa shape index (κ2) is 3.97. The molecular weight excluding hydrogens is 219 g/mol. The van der Waals surface area contributed by atoms with Crippen LogP contribution in [0, 0.1) is 0 Å². The van der Waals surface area contributed by atoms with Crippen LogP contribution in [-0.2, 0) is 6.42 Å². The lowest BCUT2D eigenvalue weighted by Gasteiger charge is -2.11. The van der Waals surface area contributed by atoms with E-state index in [9.17, 15) is 13.2 Å². The molecule has 0 saturated heterocycles. The zero-order valence-corrected chi connectivity index (χ0v) is 8.55. The monoisotopic (exact) mass is 231 g/mol. The molecule has 1 aromatic rings. The first-order valence-corrected chi connectivity index (χ1v) is 5.04. The van der Waals surface area contributed by atoms with Crippen molar-refractivity contribution in [3.8, 4) is 5.75 Å². The zero-order valence-electron chi connectivity index (χ0n) is 8.55. The fraction of sp³-hybridized carbons (Fsp3) is 0.455. The maximum absolute atomic E-state index is 11.9. The maximum atomic E-state index is 11.9. The molecule has 0 unspecified atom stereocenters. The summed E-state index contributed by atoms with van der Waals surface area (Å²) >= 11 is 0. The highest BCUT2D eigenvalue weighted by atomic mass is 19.4. The van der Waals surface area contributed by atoms with Crippen LogP contribution in [0.15, 0.2) is 18.2 Å². The molecule has 0 fully saturated rings. The van der Waals surface area contributed by atoms with Gasteiger partial charge in [0.25, 0.3) is 0 Å². The Bertz CT molecular complexity index is 389. The van der Waals surface area contributed by atoms with E-state index in [2.05, 4.69) is 4.74 Å². The Hall–Kier alpha value is -1.23. The number of rotatable bonds is 2. The Morgan fingerprint density at radius 2 is 2.12 bits per heavy atom. The summed E-state index contributed by atoms with van der Waals surface area (Å²) in [6.45, 7) is -1.25. The van der Waals surface area contributed by atoms with Gasteiger partial charge in [-0.05, 0) is 36.1 Å². The van der Waals surface area contributed by atoms with Gasteiger partial charge in [0.15, 0.2) is 6.61 Å². The third-order valence-corrected chi connectivity index (χ3v) is 2.64. The summed E-state index contributed by atoms with van der Waals surface area (Å²) < 4.78 is 40.5. The van der Waals surface area contributed by atoms with Crippen molar-refractivity contribution in [1.29, 1.82) is 0 Å². The standard InChI is InChI=1S/C11H12F3NO/c12-11(13,14)6-16-8-2-3-9-7(5-8)1-4-10(9)15/h2-3,5,10H,1,4,6,15H2/t10-/m0/s1. The number of nitrogens with two attached hydrogens (primary N) is 1. The first-order valence-electron chi connectivity index (χ1n) is 5.04. The van der Waals surface area contributed by atoms with Gasteiger partial charge in [-0.1, -0.05) is 6.07 Å². The molecule has 0 radical (unpaired) electrons. The molecule has 0 amide bonds. The number of ether oxygens (including phenoxy) is 1. The molecule has 5 heteroatoms. The van der Waals surface area contributed by atoms with Crippen molar-refractivity contribution in [3.05, 3.63) is 29.3 Å². The lowest BCUT2D eigenvalue weighted by molar-refractivity contribution is -0.153. The SMILES string of the molecule is N[C@H]1CCc2cc(OCC(F)(F)F)ccc21. The van der Waals surface area contributed by atoms with Gasteiger partial charge in [0, 0.05) is 6.04 Å². The predicted octanol–water partition coefficient (Wildman–Crippen LogP) is 2.57. The fourth-order valence-corrected chi connectivity index (χ4v) is 1.88. The fourth-order valence-electron chi connectivity index (χ4n) is 1.88. The molecule has 2 rings (SSSR count). The lowest BCUT2D eigenvalue weighted by atomic mass is 10.1. The predicted molar refractivity (Wildman–Crippen MR) is 53.2 cm³/mol. The van der Waals surface area contributed by atoms with Crippen molar-refractivity contribution in [2.24, 2.45) is 5.73 Å². The van der Waals surface area contributed by atoms with Gasteiger partial charge in [0.2, 0.25) is 0 Å². The molecule has 0 aliphatic heterocycles. The molecule has 16 heavy (non-hydrogen) atoms. The minimum atomic E-state index is -4.30. The van der Waals surface area contributed by atoms with E-state index in [1.54, 1.807) is 12.1 Å². The highest BCUT2D eigenvalue weighted by molar-refractivity contribution is 5.40. The van der Waals surface area contributed by atoms with E-state index in [1.165, 1.54) is 6.07 Å². The second-order valence-corrected chi connectivity index (χ2v) is 3.91. The van der Waals surface area contributed by atoms with Gasteiger partial charge in [-0.3, -0.25) is 0 Å². The summed E-state index contributed by atoms with van der Waals surface area (Å²) in [5.74, 6) is 0.255. The third-order valence-electron chi connectivity index (χ3n) is 2.64. The van der Waals surface area contributed by atoms with Crippen molar-refractivity contribution in [1.82, 2.24) is 0 Å². The number of benzene rings is 1. The quantitative estimate of drug-likeness (QED) is 0.849. The van der Waals surface area contributed by atoms with Crippen molar-refractivity contribution < 1.29 is 17.9 Å². The summed E-state index contributed by atoms with van der Waals surface area (Å²) in [6.07, 6.45) is -2.65. The molecule has 0 spiro atoms. The van der Waals surface area contributed by atoms with E-state index in [4.69, 9.17) is 5.73 Å². The normalized spacial score (nSPS) is 19.6. The largest absolute Gasteiger partial charge is 0.484 e. The van der Waals surface area contributed by atoms with Crippen molar-refractivity contribution >= 4 is 0 Å². The van der Waals surface area contributed by atoms with Gasteiger partial charge in [0.05, 0.1) is 0 Å².